The number of amides is 2. The molecule has 1 N–H and O–H groups in total. The number of fused-ring (bicyclic) bond motifs is 1. The van der Waals surface area contributed by atoms with Crippen molar-refractivity contribution in [3.05, 3.63) is 42.0 Å². The third kappa shape index (κ3) is 3.96. The third-order valence-electron chi connectivity index (χ3n) is 4.30. The SMILES string of the molecule is O=Cc1c(OCC(=O)NCC(=O)N2CCCC2)ccc2ccccc12. The molecule has 0 radical (unpaired) electrons. The maximum atomic E-state index is 11.9. The zero-order valence-electron chi connectivity index (χ0n) is 13.9. The summed E-state index contributed by atoms with van der Waals surface area (Å²) in [6, 6.07) is 11.0. The molecule has 0 saturated carbocycles. The van der Waals surface area contributed by atoms with E-state index in [1.807, 2.05) is 30.3 Å². The highest BCUT2D eigenvalue weighted by Gasteiger charge is 2.18. The zero-order chi connectivity index (χ0) is 17.6. The van der Waals surface area contributed by atoms with Crippen LogP contribution in [0.5, 0.6) is 5.75 Å². The van der Waals surface area contributed by atoms with Gasteiger partial charge in [0.1, 0.15) is 5.75 Å². The lowest BCUT2D eigenvalue weighted by Gasteiger charge is -2.15. The first-order valence-electron chi connectivity index (χ1n) is 8.33. The Morgan fingerprint density at radius 3 is 2.64 bits per heavy atom. The van der Waals surface area contributed by atoms with Gasteiger partial charge in [0.25, 0.3) is 5.91 Å². The number of rotatable bonds is 6. The summed E-state index contributed by atoms with van der Waals surface area (Å²) in [6.45, 7) is 1.24. The normalized spacial score (nSPS) is 13.7. The smallest absolute Gasteiger partial charge is 0.258 e. The quantitative estimate of drug-likeness (QED) is 0.813. The van der Waals surface area contributed by atoms with Crippen molar-refractivity contribution in [2.24, 2.45) is 0 Å². The van der Waals surface area contributed by atoms with Gasteiger partial charge in [-0.1, -0.05) is 30.3 Å². The molecule has 1 fully saturated rings. The minimum absolute atomic E-state index is 0.0273. The molecule has 6 heteroatoms. The summed E-state index contributed by atoms with van der Waals surface area (Å²) in [5.74, 6) is -0.114. The number of benzene rings is 2. The molecule has 25 heavy (non-hydrogen) atoms. The second kappa shape index (κ2) is 7.79. The van der Waals surface area contributed by atoms with Crippen LogP contribution in [0.1, 0.15) is 23.2 Å². The van der Waals surface area contributed by atoms with E-state index in [0.29, 0.717) is 11.3 Å². The Morgan fingerprint density at radius 2 is 1.88 bits per heavy atom. The first-order valence-corrected chi connectivity index (χ1v) is 8.33. The average molecular weight is 340 g/mol. The fourth-order valence-electron chi connectivity index (χ4n) is 2.97. The van der Waals surface area contributed by atoms with Crippen molar-refractivity contribution in [2.75, 3.05) is 26.2 Å². The predicted molar refractivity (Wildman–Crippen MR) is 93.7 cm³/mol. The van der Waals surface area contributed by atoms with Crippen LogP contribution in [-0.4, -0.2) is 49.2 Å². The number of likely N-dealkylation sites (tertiary alicyclic amines) is 1. The van der Waals surface area contributed by atoms with Gasteiger partial charge in [0.15, 0.2) is 12.9 Å². The Hall–Kier alpha value is -2.89. The van der Waals surface area contributed by atoms with Crippen LogP contribution in [0.2, 0.25) is 0 Å². The molecule has 0 aromatic heterocycles. The molecule has 2 aromatic rings. The molecule has 1 aliphatic rings. The molecule has 2 amide bonds. The van der Waals surface area contributed by atoms with Crippen molar-refractivity contribution in [1.29, 1.82) is 0 Å². The molecule has 0 atom stereocenters. The van der Waals surface area contributed by atoms with Crippen LogP contribution in [0.3, 0.4) is 0 Å². The van der Waals surface area contributed by atoms with Crippen LogP contribution in [-0.2, 0) is 9.59 Å². The lowest BCUT2D eigenvalue weighted by Crippen LogP contribution is -2.40. The maximum Gasteiger partial charge on any atom is 0.258 e. The number of nitrogens with one attached hydrogen (secondary N) is 1. The molecule has 1 heterocycles. The highest BCUT2D eigenvalue weighted by Crippen LogP contribution is 2.26. The van der Waals surface area contributed by atoms with Gasteiger partial charge in [0.05, 0.1) is 12.1 Å². The summed E-state index contributed by atoms with van der Waals surface area (Å²) in [5.41, 5.74) is 0.416. The summed E-state index contributed by atoms with van der Waals surface area (Å²) in [4.78, 5) is 37.0. The van der Waals surface area contributed by atoms with Crippen LogP contribution < -0.4 is 10.1 Å². The number of hydrogen-bond donors (Lipinski definition) is 1. The second-order valence-corrected chi connectivity index (χ2v) is 5.97. The Bertz CT molecular complexity index is 797. The van der Waals surface area contributed by atoms with Crippen molar-refractivity contribution in [3.63, 3.8) is 0 Å². The van der Waals surface area contributed by atoms with Crippen molar-refractivity contribution in [3.8, 4) is 5.75 Å². The molecule has 0 bridgehead atoms. The van der Waals surface area contributed by atoms with E-state index >= 15 is 0 Å². The van der Waals surface area contributed by atoms with Crippen LogP contribution in [0, 0.1) is 0 Å². The van der Waals surface area contributed by atoms with Gasteiger partial charge >= 0.3 is 0 Å². The monoisotopic (exact) mass is 340 g/mol. The fourth-order valence-corrected chi connectivity index (χ4v) is 2.97. The summed E-state index contributed by atoms with van der Waals surface area (Å²) in [7, 11) is 0. The van der Waals surface area contributed by atoms with Gasteiger partial charge in [0, 0.05) is 13.1 Å². The molecule has 2 aromatic carbocycles. The first-order chi connectivity index (χ1) is 12.2. The third-order valence-corrected chi connectivity index (χ3v) is 4.30. The molecule has 0 aliphatic carbocycles. The van der Waals surface area contributed by atoms with E-state index in [-0.39, 0.29) is 19.1 Å². The zero-order valence-corrected chi connectivity index (χ0v) is 13.9. The number of carbonyl (C=O) groups excluding carboxylic acids is 3. The highest BCUT2D eigenvalue weighted by molar-refractivity contribution is 6.00. The highest BCUT2D eigenvalue weighted by atomic mass is 16.5. The molecule has 1 saturated heterocycles. The minimum atomic E-state index is -0.391. The van der Waals surface area contributed by atoms with Gasteiger partial charge in [-0.05, 0) is 29.7 Å². The van der Waals surface area contributed by atoms with E-state index in [0.717, 1.165) is 43.0 Å². The van der Waals surface area contributed by atoms with Gasteiger partial charge in [-0.3, -0.25) is 14.4 Å². The van der Waals surface area contributed by atoms with Gasteiger partial charge in [-0.2, -0.15) is 0 Å². The van der Waals surface area contributed by atoms with Gasteiger partial charge in [0.2, 0.25) is 5.91 Å². The van der Waals surface area contributed by atoms with Crippen molar-refractivity contribution in [2.45, 2.75) is 12.8 Å². The fraction of sp³-hybridized carbons (Fsp3) is 0.316. The first kappa shape index (κ1) is 17.0. The molecular weight excluding hydrogens is 320 g/mol. The molecule has 3 rings (SSSR count). The number of ether oxygens (including phenoxy) is 1. The van der Waals surface area contributed by atoms with Gasteiger partial charge in [-0.25, -0.2) is 0 Å². The lowest BCUT2D eigenvalue weighted by molar-refractivity contribution is -0.132. The van der Waals surface area contributed by atoms with Gasteiger partial charge in [-0.15, -0.1) is 0 Å². The Labute approximate surface area is 145 Å². The largest absolute Gasteiger partial charge is 0.483 e. The second-order valence-electron chi connectivity index (χ2n) is 5.97. The molecule has 0 spiro atoms. The summed E-state index contributed by atoms with van der Waals surface area (Å²) < 4.78 is 5.49. The average Bonchev–Trinajstić information content (AvgIpc) is 3.18. The van der Waals surface area contributed by atoms with Gasteiger partial charge < -0.3 is 15.0 Å². The van der Waals surface area contributed by atoms with E-state index in [9.17, 15) is 14.4 Å². The van der Waals surface area contributed by atoms with E-state index in [4.69, 9.17) is 4.74 Å². The summed E-state index contributed by atoms with van der Waals surface area (Å²) >= 11 is 0. The Kier molecular flexibility index (Phi) is 5.28. The number of nitrogens with zero attached hydrogens (tertiary/aromatic N) is 1. The standard InChI is InChI=1S/C19H20N2O4/c22-12-16-15-6-2-1-5-14(15)7-8-17(16)25-13-18(23)20-11-19(24)21-9-3-4-10-21/h1-2,5-8,12H,3-4,9-11,13H2,(H,20,23). The maximum absolute atomic E-state index is 11.9. The van der Waals surface area contributed by atoms with E-state index in [1.54, 1.807) is 11.0 Å². The molecule has 0 unspecified atom stereocenters. The van der Waals surface area contributed by atoms with Crippen LogP contribution in [0.25, 0.3) is 10.8 Å². The molecule has 6 nitrogen and oxygen atoms in total. The summed E-state index contributed by atoms with van der Waals surface area (Å²) in [5, 5.41) is 4.27. The van der Waals surface area contributed by atoms with E-state index in [1.165, 1.54) is 0 Å². The van der Waals surface area contributed by atoms with Crippen LogP contribution in [0.15, 0.2) is 36.4 Å². The molecular formula is C19H20N2O4. The van der Waals surface area contributed by atoms with Crippen molar-refractivity contribution < 1.29 is 19.1 Å². The van der Waals surface area contributed by atoms with Crippen LogP contribution in [0.4, 0.5) is 0 Å². The predicted octanol–water partition coefficient (Wildman–Crippen LogP) is 1.77. The number of carbonyl (C=O) groups is 3. The lowest BCUT2D eigenvalue weighted by atomic mass is 10.0. The molecule has 1 aliphatic heterocycles. The summed E-state index contributed by atoms with van der Waals surface area (Å²) in [6.07, 6.45) is 2.75. The van der Waals surface area contributed by atoms with Crippen molar-refractivity contribution >= 4 is 28.9 Å². The Balaban J connectivity index is 1.57. The van der Waals surface area contributed by atoms with Crippen molar-refractivity contribution in [1.82, 2.24) is 10.2 Å². The van der Waals surface area contributed by atoms with E-state index in [2.05, 4.69) is 5.32 Å². The number of hydrogen-bond acceptors (Lipinski definition) is 4. The molecule has 130 valence electrons. The topological polar surface area (TPSA) is 75.7 Å². The van der Waals surface area contributed by atoms with Crippen LogP contribution >= 0.6 is 0 Å². The van der Waals surface area contributed by atoms with E-state index < -0.39 is 5.91 Å². The Morgan fingerprint density at radius 1 is 1.12 bits per heavy atom. The number of aldehydes is 1. The minimum Gasteiger partial charge on any atom is -0.483 e.